The molecule has 3 aromatic carbocycles. The number of rotatable bonds is 2. The van der Waals surface area contributed by atoms with E-state index in [4.69, 9.17) is 0 Å². The van der Waals surface area contributed by atoms with Crippen molar-refractivity contribution < 1.29 is 18.2 Å². The average molecular weight is 373 g/mol. The van der Waals surface area contributed by atoms with Crippen molar-refractivity contribution >= 4 is 31.7 Å². The van der Waals surface area contributed by atoms with E-state index in [-0.39, 0.29) is 0 Å². The van der Waals surface area contributed by atoms with Crippen LogP contribution in [0.25, 0.3) is 10.8 Å². The van der Waals surface area contributed by atoms with Crippen LogP contribution >= 0.6 is 9.53 Å². The fourth-order valence-corrected chi connectivity index (χ4v) is 1.83. The summed E-state index contributed by atoms with van der Waals surface area (Å²) in [5.41, 5.74) is 1.70. The van der Waals surface area contributed by atoms with Crippen LogP contribution in [-0.4, -0.2) is 0 Å². The van der Waals surface area contributed by atoms with Crippen LogP contribution in [0, 0.1) is 6.07 Å². The Labute approximate surface area is 132 Å². The number of azo groups is 1. The monoisotopic (exact) mass is 372 g/mol. The predicted molar refractivity (Wildman–Crippen MR) is 79.3 cm³/mol. The van der Waals surface area contributed by atoms with E-state index in [1.54, 1.807) is 0 Å². The molecule has 3 aromatic rings. The maximum absolute atomic E-state index is 4.49. The van der Waals surface area contributed by atoms with Crippen molar-refractivity contribution in [1.82, 2.24) is 0 Å². The first-order valence-electron chi connectivity index (χ1n) is 5.91. The second kappa shape index (κ2) is 7.92. The zero-order valence-electron chi connectivity index (χ0n) is 10.4. The van der Waals surface area contributed by atoms with Gasteiger partial charge in [0.2, 0.25) is 0 Å². The van der Waals surface area contributed by atoms with Gasteiger partial charge in [-0.2, -0.15) is 17.2 Å². The molecule has 0 bridgehead atoms. The van der Waals surface area contributed by atoms with Gasteiger partial charge in [-0.05, 0) is 17.8 Å². The molecule has 0 radical (unpaired) electrons. The molecule has 0 heterocycles. The number of hydrogen-bond donors (Lipinski definition) is 0. The summed E-state index contributed by atoms with van der Waals surface area (Å²) in [4.78, 5) is 0. The summed E-state index contributed by atoms with van der Waals surface area (Å²) >= 11 is 2.22. The van der Waals surface area contributed by atoms with Crippen LogP contribution in [0.15, 0.2) is 77.0 Å². The number of nitrogens with zero attached hydrogens (tertiary/aromatic N) is 2. The molecule has 20 heavy (non-hydrogen) atoms. The molecular weight excluding hydrogens is 362 g/mol. The van der Waals surface area contributed by atoms with Crippen molar-refractivity contribution in [2.45, 2.75) is 0 Å². The Kier molecular flexibility index (Phi) is 5.89. The van der Waals surface area contributed by atoms with E-state index in [9.17, 15) is 0 Å². The molecule has 0 N–H and O–H groups in total. The Morgan fingerprint density at radius 1 is 0.800 bits per heavy atom. The first-order valence-corrected chi connectivity index (χ1v) is 7.91. The van der Waals surface area contributed by atoms with E-state index in [0.717, 1.165) is 22.1 Å². The molecule has 4 heteroatoms. The Morgan fingerprint density at radius 2 is 1.50 bits per heavy atom. The van der Waals surface area contributed by atoms with Gasteiger partial charge in [0.25, 0.3) is 0 Å². The summed E-state index contributed by atoms with van der Waals surface area (Å²) in [5.74, 6) is 0. The van der Waals surface area contributed by atoms with E-state index in [2.05, 4.69) is 44.0 Å². The molecule has 0 aliphatic heterocycles. The molecule has 2 nitrogen and oxygen atoms in total. The number of halogens is 1. The van der Waals surface area contributed by atoms with Crippen molar-refractivity contribution in [3.63, 3.8) is 0 Å². The number of fused-ring (bicyclic) bond motifs is 1. The summed E-state index contributed by atoms with van der Waals surface area (Å²) in [6, 6.07) is 24.7. The van der Waals surface area contributed by atoms with Crippen molar-refractivity contribution in [3.8, 4) is 0 Å². The van der Waals surface area contributed by atoms with Crippen LogP contribution in [0.5, 0.6) is 0 Å². The Morgan fingerprint density at radius 3 is 2.30 bits per heavy atom. The largest absolute Gasteiger partial charge is 0.217 e. The zero-order chi connectivity index (χ0) is 14.2. The molecule has 0 unspecified atom stereocenters. The molecule has 0 saturated carbocycles. The van der Waals surface area contributed by atoms with Gasteiger partial charge in [0.1, 0.15) is 0 Å². The topological polar surface area (TPSA) is 24.7 Å². The molecule has 0 spiro atoms. The normalized spacial score (nSPS) is 10.3. The van der Waals surface area contributed by atoms with E-state index >= 15 is 0 Å². The van der Waals surface area contributed by atoms with Crippen molar-refractivity contribution in [2.24, 2.45) is 10.2 Å². The molecule has 0 amide bonds. The molecule has 0 aliphatic rings. The second-order valence-corrected chi connectivity index (χ2v) is 3.96. The summed E-state index contributed by atoms with van der Waals surface area (Å²) in [6.07, 6.45) is 0. The summed E-state index contributed by atoms with van der Waals surface area (Å²) < 4.78 is 0. The fourth-order valence-electron chi connectivity index (χ4n) is 1.83. The smallest absolute Gasteiger partial charge is 0.0844 e. The van der Waals surface area contributed by atoms with E-state index < -0.39 is 0 Å². The number of hydrogen-bond acceptors (Lipinski definition) is 2. The summed E-state index contributed by atoms with van der Waals surface area (Å²) in [6.45, 7) is 0. The maximum atomic E-state index is 4.49. The van der Waals surface area contributed by atoms with Gasteiger partial charge < -0.3 is 0 Å². The quantitative estimate of drug-likeness (QED) is 0.311. The van der Waals surface area contributed by atoms with Crippen molar-refractivity contribution in [3.05, 3.63) is 72.8 Å². The van der Waals surface area contributed by atoms with Crippen LogP contribution in [0.4, 0.5) is 11.4 Å². The molecule has 0 saturated heterocycles. The van der Waals surface area contributed by atoms with Crippen LogP contribution in [0.2, 0.25) is 0 Å². The average Bonchev–Trinajstić information content (AvgIpc) is 2.56. The minimum Gasteiger partial charge on any atom is -0.217 e. The van der Waals surface area contributed by atoms with Gasteiger partial charge in [-0.3, -0.25) is 0 Å². The molecule has 0 atom stereocenters. The van der Waals surface area contributed by atoms with E-state index in [1.165, 1.54) is 0 Å². The zero-order valence-corrected chi connectivity index (χ0v) is 12.8. The molecule has 0 aliphatic carbocycles. The van der Waals surface area contributed by atoms with Gasteiger partial charge in [0, 0.05) is 0 Å². The van der Waals surface area contributed by atoms with Crippen molar-refractivity contribution in [2.75, 3.05) is 0 Å². The first kappa shape index (κ1) is 14.9. The van der Waals surface area contributed by atoms with Gasteiger partial charge in [-0.15, -0.1) is 22.9 Å². The maximum Gasteiger partial charge on any atom is 0.0844 e. The number of benzene rings is 3. The van der Waals surface area contributed by atoms with Crippen LogP contribution in [0.1, 0.15) is 0 Å². The predicted octanol–water partition coefficient (Wildman–Crippen LogP) is 5.74. The van der Waals surface area contributed by atoms with Gasteiger partial charge >= 0.3 is 27.7 Å². The van der Waals surface area contributed by atoms with Gasteiger partial charge in [0.15, 0.2) is 0 Å². The van der Waals surface area contributed by atoms with E-state index in [1.807, 2.05) is 66.7 Å². The second-order valence-electron chi connectivity index (χ2n) is 3.96. The van der Waals surface area contributed by atoms with E-state index in [0.29, 0.717) is 0 Å². The van der Waals surface area contributed by atoms with Crippen LogP contribution in [-0.2, 0) is 18.2 Å². The molecule has 0 aromatic heterocycles. The van der Waals surface area contributed by atoms with Crippen LogP contribution < -0.4 is 0 Å². The summed E-state index contributed by atoms with van der Waals surface area (Å²) in [5, 5.41) is 10.8. The molecule has 3 rings (SSSR count). The van der Waals surface area contributed by atoms with Gasteiger partial charge in [-0.25, -0.2) is 5.11 Å². The van der Waals surface area contributed by atoms with Gasteiger partial charge in [0.05, 0.1) is 5.69 Å². The fraction of sp³-hybridized carbons (Fsp3) is 0. The Balaban J connectivity index is 0.000000704. The third-order valence-electron chi connectivity index (χ3n) is 2.73. The molecular formula is C16H11ClN2Pd. The van der Waals surface area contributed by atoms with Gasteiger partial charge in [-0.1, -0.05) is 36.4 Å². The SMILES string of the molecule is [Cl][Pd+].[c-]1cc(N=Nc2ccccc2)c2ccccc2c1. The Hall–Kier alpha value is -1.53. The molecule has 0 fully saturated rings. The first-order chi connectivity index (χ1) is 9.93. The summed E-state index contributed by atoms with van der Waals surface area (Å²) in [7, 11) is 4.49. The third kappa shape index (κ3) is 3.74. The standard InChI is InChI=1S/C16H11N2.ClH.Pd/c1-2-9-14(10-3-1)17-18-16-12-6-8-13-7-4-5-11-15(13)16;;/h1-5,7-12H;1H;/q-1;;+2/p-1. The Bertz CT molecular complexity index is 694. The van der Waals surface area contributed by atoms with Crippen LogP contribution in [0.3, 0.4) is 0 Å². The van der Waals surface area contributed by atoms with Crippen molar-refractivity contribution in [1.29, 1.82) is 0 Å². The molecule has 102 valence electrons. The minimum atomic E-state index is 0.844. The third-order valence-corrected chi connectivity index (χ3v) is 2.73. The minimum absolute atomic E-state index is 0.844.